The number of carbonyl (C=O) groups excluding carboxylic acids is 1. The molecule has 30 heavy (non-hydrogen) atoms. The van der Waals surface area contributed by atoms with Gasteiger partial charge in [-0.05, 0) is 73.0 Å². The first kappa shape index (κ1) is 20.2. The second kappa shape index (κ2) is 9.18. The number of benzene rings is 3. The van der Waals surface area contributed by atoms with Crippen LogP contribution in [0.4, 0.5) is 4.39 Å². The van der Waals surface area contributed by atoms with Gasteiger partial charge >= 0.3 is 0 Å². The van der Waals surface area contributed by atoms with E-state index in [2.05, 4.69) is 39.7 Å². The predicted octanol–water partition coefficient (Wildman–Crippen LogP) is 4.73. The van der Waals surface area contributed by atoms with E-state index in [1.165, 1.54) is 17.5 Å². The highest BCUT2D eigenvalue weighted by molar-refractivity contribution is 6.02. The molecule has 1 fully saturated rings. The highest BCUT2D eigenvalue weighted by Crippen LogP contribution is 2.20. The van der Waals surface area contributed by atoms with Crippen molar-refractivity contribution in [2.24, 2.45) is 11.0 Å². The molecule has 3 aromatic rings. The number of carbonyl (C=O) groups is 1. The van der Waals surface area contributed by atoms with Crippen LogP contribution in [0.25, 0.3) is 10.8 Å². The van der Waals surface area contributed by atoms with E-state index in [9.17, 15) is 9.18 Å². The van der Waals surface area contributed by atoms with Crippen LogP contribution in [0.5, 0.6) is 0 Å². The zero-order chi connectivity index (χ0) is 20.9. The van der Waals surface area contributed by atoms with Crippen molar-refractivity contribution in [3.05, 3.63) is 83.7 Å². The molecule has 154 valence electrons. The van der Waals surface area contributed by atoms with Gasteiger partial charge in [-0.1, -0.05) is 48.5 Å². The van der Waals surface area contributed by atoms with Crippen LogP contribution in [0.2, 0.25) is 0 Å². The monoisotopic (exact) mass is 403 g/mol. The van der Waals surface area contributed by atoms with Gasteiger partial charge in [0.05, 0.1) is 5.71 Å². The van der Waals surface area contributed by atoms with Crippen molar-refractivity contribution in [1.29, 1.82) is 0 Å². The summed E-state index contributed by atoms with van der Waals surface area (Å²) >= 11 is 0. The van der Waals surface area contributed by atoms with Gasteiger partial charge in [-0.25, -0.2) is 9.82 Å². The van der Waals surface area contributed by atoms with Crippen LogP contribution in [-0.2, 0) is 11.3 Å². The Morgan fingerprint density at radius 1 is 1.03 bits per heavy atom. The summed E-state index contributed by atoms with van der Waals surface area (Å²) < 4.78 is 13.0. The first-order valence-electron chi connectivity index (χ1n) is 10.4. The molecule has 1 amide bonds. The second-order valence-corrected chi connectivity index (χ2v) is 7.91. The van der Waals surface area contributed by atoms with Crippen LogP contribution in [0.15, 0.2) is 71.8 Å². The van der Waals surface area contributed by atoms with E-state index in [0.717, 1.165) is 54.7 Å². The van der Waals surface area contributed by atoms with E-state index in [1.807, 2.05) is 37.3 Å². The number of amides is 1. The fourth-order valence-electron chi connectivity index (χ4n) is 3.91. The Kier molecular flexibility index (Phi) is 6.19. The zero-order valence-electron chi connectivity index (χ0n) is 17.1. The predicted molar refractivity (Wildman–Crippen MR) is 119 cm³/mol. The number of halogens is 1. The molecule has 0 aromatic heterocycles. The summed E-state index contributed by atoms with van der Waals surface area (Å²) in [7, 11) is 0. The van der Waals surface area contributed by atoms with Gasteiger partial charge in [0.1, 0.15) is 5.82 Å². The number of likely N-dealkylation sites (tertiary alicyclic amines) is 1. The molecule has 1 saturated heterocycles. The summed E-state index contributed by atoms with van der Waals surface area (Å²) in [5, 5.41) is 6.68. The summed E-state index contributed by atoms with van der Waals surface area (Å²) in [5.41, 5.74) is 5.65. The highest BCUT2D eigenvalue weighted by Gasteiger charge is 2.24. The number of hydrogen-bond acceptors (Lipinski definition) is 3. The number of nitrogens with zero attached hydrogens (tertiary/aromatic N) is 2. The minimum Gasteiger partial charge on any atom is -0.299 e. The van der Waals surface area contributed by atoms with Gasteiger partial charge in [0.15, 0.2) is 0 Å². The van der Waals surface area contributed by atoms with E-state index >= 15 is 0 Å². The molecule has 0 bridgehead atoms. The maximum absolute atomic E-state index is 13.0. The summed E-state index contributed by atoms with van der Waals surface area (Å²) in [5.74, 6) is -0.257. The molecular weight excluding hydrogens is 377 g/mol. The maximum Gasteiger partial charge on any atom is 0.243 e. The topological polar surface area (TPSA) is 44.7 Å². The lowest BCUT2D eigenvalue weighted by atomic mass is 9.96. The van der Waals surface area contributed by atoms with E-state index in [-0.39, 0.29) is 17.6 Å². The Morgan fingerprint density at radius 3 is 2.47 bits per heavy atom. The Hall–Kier alpha value is -3.05. The van der Waals surface area contributed by atoms with Crippen LogP contribution in [0.3, 0.4) is 0 Å². The fourth-order valence-corrected chi connectivity index (χ4v) is 3.91. The van der Waals surface area contributed by atoms with Gasteiger partial charge < -0.3 is 0 Å². The molecule has 4 nitrogen and oxygen atoms in total. The Balaban J connectivity index is 1.30. The van der Waals surface area contributed by atoms with Crippen molar-refractivity contribution in [1.82, 2.24) is 10.3 Å². The molecular formula is C25H26FN3O. The molecule has 0 atom stereocenters. The smallest absolute Gasteiger partial charge is 0.243 e. The van der Waals surface area contributed by atoms with Crippen LogP contribution < -0.4 is 5.43 Å². The number of hydrogen-bond donors (Lipinski definition) is 1. The van der Waals surface area contributed by atoms with Crippen LogP contribution in [-0.4, -0.2) is 29.6 Å². The molecule has 0 aliphatic carbocycles. The van der Waals surface area contributed by atoms with E-state index in [0.29, 0.717) is 0 Å². The average molecular weight is 404 g/mol. The lowest BCUT2D eigenvalue weighted by Gasteiger charge is -2.30. The normalized spacial score (nSPS) is 16.0. The van der Waals surface area contributed by atoms with Crippen molar-refractivity contribution >= 4 is 22.4 Å². The third kappa shape index (κ3) is 4.92. The molecule has 0 unspecified atom stereocenters. The van der Waals surface area contributed by atoms with Crippen molar-refractivity contribution in [2.75, 3.05) is 13.1 Å². The first-order chi connectivity index (χ1) is 14.6. The van der Waals surface area contributed by atoms with Crippen LogP contribution in [0.1, 0.15) is 30.9 Å². The third-order valence-electron chi connectivity index (χ3n) is 5.78. The molecule has 0 spiro atoms. The number of fused-ring (bicyclic) bond motifs is 1. The molecule has 1 aliphatic rings. The Bertz CT molecular complexity index is 1050. The van der Waals surface area contributed by atoms with Gasteiger partial charge in [-0.2, -0.15) is 5.10 Å². The van der Waals surface area contributed by atoms with Gasteiger partial charge in [0.2, 0.25) is 5.91 Å². The number of hydrazone groups is 1. The fraction of sp³-hybridized carbons (Fsp3) is 0.280. The van der Waals surface area contributed by atoms with Crippen molar-refractivity contribution < 1.29 is 9.18 Å². The molecule has 5 heteroatoms. The quantitative estimate of drug-likeness (QED) is 0.494. The van der Waals surface area contributed by atoms with E-state index in [4.69, 9.17) is 0 Å². The van der Waals surface area contributed by atoms with Gasteiger partial charge in [-0.15, -0.1) is 0 Å². The van der Waals surface area contributed by atoms with Crippen LogP contribution in [0, 0.1) is 11.7 Å². The largest absolute Gasteiger partial charge is 0.299 e. The zero-order valence-corrected chi connectivity index (χ0v) is 17.1. The van der Waals surface area contributed by atoms with Gasteiger partial charge in [0, 0.05) is 12.5 Å². The molecule has 4 rings (SSSR count). The summed E-state index contributed by atoms with van der Waals surface area (Å²) in [6, 6.07) is 21.0. The third-order valence-corrected chi connectivity index (χ3v) is 5.78. The van der Waals surface area contributed by atoms with Crippen LogP contribution >= 0.6 is 0 Å². The minimum atomic E-state index is -0.214. The number of nitrogens with one attached hydrogen (secondary N) is 1. The second-order valence-electron chi connectivity index (χ2n) is 7.91. The number of rotatable bonds is 5. The molecule has 0 radical (unpaired) electrons. The average Bonchev–Trinajstić information content (AvgIpc) is 2.79. The molecule has 1 N–H and O–H groups in total. The van der Waals surface area contributed by atoms with Crippen molar-refractivity contribution in [2.45, 2.75) is 26.3 Å². The maximum atomic E-state index is 13.0. The summed E-state index contributed by atoms with van der Waals surface area (Å²) in [4.78, 5) is 14.9. The molecule has 1 aliphatic heterocycles. The van der Waals surface area contributed by atoms with E-state index in [1.54, 1.807) is 0 Å². The summed E-state index contributed by atoms with van der Waals surface area (Å²) in [6.07, 6.45) is 1.61. The molecule has 0 saturated carbocycles. The Morgan fingerprint density at radius 2 is 1.73 bits per heavy atom. The van der Waals surface area contributed by atoms with Crippen molar-refractivity contribution in [3.63, 3.8) is 0 Å². The SMILES string of the molecule is C/C(=N\NC(=O)C1CCN(Cc2ccc(F)cc2)CC1)c1ccc2ccccc2c1. The minimum absolute atomic E-state index is 0.0171. The Labute approximate surface area is 176 Å². The lowest BCUT2D eigenvalue weighted by Crippen LogP contribution is -2.39. The number of piperidine rings is 1. The van der Waals surface area contributed by atoms with Crippen molar-refractivity contribution in [3.8, 4) is 0 Å². The molecule has 3 aromatic carbocycles. The molecule has 1 heterocycles. The van der Waals surface area contributed by atoms with Gasteiger partial charge in [0.25, 0.3) is 0 Å². The summed E-state index contributed by atoms with van der Waals surface area (Å²) in [6.45, 7) is 4.40. The first-order valence-corrected chi connectivity index (χ1v) is 10.4. The highest BCUT2D eigenvalue weighted by atomic mass is 19.1. The van der Waals surface area contributed by atoms with E-state index < -0.39 is 0 Å². The lowest BCUT2D eigenvalue weighted by molar-refractivity contribution is -0.126. The standard InChI is InChI=1S/C25H26FN3O/c1-18(22-9-8-20-4-2-3-5-23(20)16-22)27-28-25(30)21-12-14-29(15-13-21)17-19-6-10-24(26)11-7-19/h2-11,16,21H,12-15,17H2,1H3,(H,28,30)/b27-18+. The van der Waals surface area contributed by atoms with Gasteiger partial charge in [-0.3, -0.25) is 9.69 Å².